The molecule has 0 unspecified atom stereocenters. The van der Waals surface area contributed by atoms with Gasteiger partial charge in [0.05, 0.1) is 25.3 Å². The highest BCUT2D eigenvalue weighted by atomic mass is 16.5. The normalized spacial score (nSPS) is 11.3. The maximum Gasteiger partial charge on any atom is 0.340 e. The summed E-state index contributed by atoms with van der Waals surface area (Å²) in [4.78, 5) is 36.4. The Kier molecular flexibility index (Phi) is 2.94. The van der Waals surface area contributed by atoms with Crippen LogP contribution in [-0.2, 0) is 16.5 Å². The van der Waals surface area contributed by atoms with Crippen molar-refractivity contribution in [1.82, 2.24) is 8.97 Å². The summed E-state index contributed by atoms with van der Waals surface area (Å²) in [6, 6.07) is 3.11. The van der Waals surface area contributed by atoms with Crippen molar-refractivity contribution < 1.29 is 19.1 Å². The largest absolute Gasteiger partial charge is 0.465 e. The average molecular weight is 302 g/mol. The van der Waals surface area contributed by atoms with E-state index in [0.717, 1.165) is 5.56 Å². The van der Waals surface area contributed by atoms with E-state index in [1.165, 1.54) is 24.9 Å². The highest BCUT2D eigenvalue weighted by Crippen LogP contribution is 2.32. The first-order valence-corrected chi connectivity index (χ1v) is 6.56. The van der Waals surface area contributed by atoms with Crippen molar-refractivity contribution >= 4 is 28.6 Å². The molecule has 3 rings (SSSR count). The lowest BCUT2D eigenvalue weighted by molar-refractivity contribution is 0.0559. The lowest BCUT2D eigenvalue weighted by Gasteiger charge is -2.04. The minimum Gasteiger partial charge on any atom is -0.465 e. The highest BCUT2D eigenvalue weighted by molar-refractivity contribution is 6.15. The van der Waals surface area contributed by atoms with Crippen LogP contribution in [0.4, 0.5) is 0 Å². The fourth-order valence-electron chi connectivity index (χ4n) is 2.85. The number of esters is 2. The molecule has 0 aliphatic carbocycles. The van der Waals surface area contributed by atoms with Crippen molar-refractivity contribution in [2.24, 2.45) is 7.05 Å². The molecule has 0 amide bonds. The van der Waals surface area contributed by atoms with Gasteiger partial charge in [0, 0.05) is 13.1 Å². The van der Waals surface area contributed by atoms with Crippen LogP contribution in [0.3, 0.4) is 0 Å². The van der Waals surface area contributed by atoms with Crippen LogP contribution in [0, 0.1) is 6.92 Å². The number of ether oxygens (including phenoxy) is 2. The number of methoxy groups -OCH3 is 2. The van der Waals surface area contributed by atoms with Gasteiger partial charge >= 0.3 is 11.9 Å². The molecule has 0 bridgehead atoms. The Balaban J connectivity index is 2.64. The van der Waals surface area contributed by atoms with E-state index in [9.17, 15) is 14.4 Å². The maximum absolute atomic E-state index is 12.2. The van der Waals surface area contributed by atoms with Gasteiger partial charge in [-0.1, -0.05) is 0 Å². The van der Waals surface area contributed by atoms with Crippen LogP contribution in [-0.4, -0.2) is 35.1 Å². The Labute approximate surface area is 125 Å². The van der Waals surface area contributed by atoms with Crippen LogP contribution >= 0.6 is 0 Å². The molecule has 0 aliphatic rings. The van der Waals surface area contributed by atoms with E-state index in [1.54, 1.807) is 24.4 Å². The summed E-state index contributed by atoms with van der Waals surface area (Å²) >= 11 is 0. The Morgan fingerprint density at radius 1 is 1.05 bits per heavy atom. The molecule has 0 fully saturated rings. The van der Waals surface area contributed by atoms with Gasteiger partial charge in [-0.3, -0.25) is 13.8 Å². The number of aromatic nitrogens is 2. The Hall–Kier alpha value is -2.83. The molecule has 0 N–H and O–H groups in total. The van der Waals surface area contributed by atoms with Crippen LogP contribution in [0.1, 0.15) is 26.3 Å². The molecule has 7 heteroatoms. The SMILES string of the molecule is COC(=O)c1c(C(=O)OC)c2c(C)cc3n(C)c(=O)cc1n23. The molecule has 7 nitrogen and oxygen atoms in total. The number of hydrogen-bond donors (Lipinski definition) is 0. The predicted octanol–water partition coefficient (Wildman–Crippen LogP) is 1.11. The van der Waals surface area contributed by atoms with Gasteiger partial charge in [-0.25, -0.2) is 9.59 Å². The molecule has 3 heterocycles. The summed E-state index contributed by atoms with van der Waals surface area (Å²) in [5, 5.41) is 0. The summed E-state index contributed by atoms with van der Waals surface area (Å²) in [6.07, 6.45) is 0. The standard InChI is InChI=1S/C15H14N2O5/c1-7-5-9-16(2)10(18)6-8-11(14(19)21-3)12(15(20)22-4)13(7)17(8)9/h5-6H,1-4H3. The molecule has 114 valence electrons. The number of aryl methyl sites for hydroxylation is 2. The number of hydrogen-bond acceptors (Lipinski definition) is 5. The predicted molar refractivity (Wildman–Crippen MR) is 78.7 cm³/mol. The summed E-state index contributed by atoms with van der Waals surface area (Å²) in [6.45, 7) is 1.81. The summed E-state index contributed by atoms with van der Waals surface area (Å²) < 4.78 is 12.7. The molecule has 0 saturated carbocycles. The molecule has 3 aromatic heterocycles. The Morgan fingerprint density at radius 3 is 2.23 bits per heavy atom. The van der Waals surface area contributed by atoms with Gasteiger partial charge < -0.3 is 9.47 Å². The van der Waals surface area contributed by atoms with Gasteiger partial charge in [-0.2, -0.15) is 0 Å². The zero-order valence-electron chi connectivity index (χ0n) is 12.6. The van der Waals surface area contributed by atoms with Gasteiger partial charge in [0.1, 0.15) is 16.8 Å². The van der Waals surface area contributed by atoms with Crippen molar-refractivity contribution in [2.45, 2.75) is 6.92 Å². The molecule has 0 aromatic carbocycles. The van der Waals surface area contributed by atoms with E-state index in [-0.39, 0.29) is 16.7 Å². The van der Waals surface area contributed by atoms with Crippen LogP contribution in [0.25, 0.3) is 16.7 Å². The van der Waals surface area contributed by atoms with Gasteiger partial charge in [0.2, 0.25) is 0 Å². The van der Waals surface area contributed by atoms with Crippen molar-refractivity contribution in [1.29, 1.82) is 0 Å². The quantitative estimate of drug-likeness (QED) is 0.663. The van der Waals surface area contributed by atoms with E-state index in [0.29, 0.717) is 16.7 Å². The number of nitrogens with zero attached hydrogens (tertiary/aromatic N) is 2. The van der Waals surface area contributed by atoms with Crippen LogP contribution in [0.5, 0.6) is 0 Å². The van der Waals surface area contributed by atoms with Gasteiger partial charge in [0.25, 0.3) is 5.56 Å². The molecule has 22 heavy (non-hydrogen) atoms. The second-order valence-electron chi connectivity index (χ2n) is 5.03. The van der Waals surface area contributed by atoms with Crippen molar-refractivity contribution in [3.05, 3.63) is 39.2 Å². The molecular weight excluding hydrogens is 288 g/mol. The molecule has 0 spiro atoms. The molecule has 0 radical (unpaired) electrons. The second kappa shape index (κ2) is 4.59. The minimum atomic E-state index is -0.682. The molecule has 3 aromatic rings. The summed E-state index contributed by atoms with van der Waals surface area (Å²) in [7, 11) is 4.10. The topological polar surface area (TPSA) is 79.0 Å². The number of rotatable bonds is 2. The molecule has 0 atom stereocenters. The first-order valence-electron chi connectivity index (χ1n) is 6.56. The van der Waals surface area contributed by atoms with E-state index in [4.69, 9.17) is 9.47 Å². The monoisotopic (exact) mass is 302 g/mol. The zero-order chi connectivity index (χ0) is 16.2. The van der Waals surface area contributed by atoms with Crippen molar-refractivity contribution in [2.75, 3.05) is 14.2 Å². The van der Waals surface area contributed by atoms with Crippen molar-refractivity contribution in [3.63, 3.8) is 0 Å². The Bertz CT molecular complexity index is 979. The number of carbonyl (C=O) groups excluding carboxylic acids is 2. The lowest BCUT2D eigenvalue weighted by Crippen LogP contribution is -2.18. The molecular formula is C15H14N2O5. The van der Waals surface area contributed by atoms with Crippen molar-refractivity contribution in [3.8, 4) is 0 Å². The third-order valence-electron chi connectivity index (χ3n) is 3.87. The van der Waals surface area contributed by atoms with Gasteiger partial charge in [0.15, 0.2) is 0 Å². The molecule has 0 saturated heterocycles. The smallest absolute Gasteiger partial charge is 0.340 e. The van der Waals surface area contributed by atoms with Gasteiger partial charge in [-0.15, -0.1) is 0 Å². The van der Waals surface area contributed by atoms with E-state index >= 15 is 0 Å². The van der Waals surface area contributed by atoms with E-state index in [2.05, 4.69) is 0 Å². The maximum atomic E-state index is 12.2. The van der Waals surface area contributed by atoms with E-state index < -0.39 is 11.9 Å². The third kappa shape index (κ3) is 1.59. The summed E-state index contributed by atoms with van der Waals surface area (Å²) in [5.41, 5.74) is 2.14. The lowest BCUT2D eigenvalue weighted by atomic mass is 10.1. The van der Waals surface area contributed by atoms with Crippen LogP contribution in [0.15, 0.2) is 16.9 Å². The first kappa shape index (κ1) is 14.1. The average Bonchev–Trinajstić information content (AvgIpc) is 3.01. The van der Waals surface area contributed by atoms with Crippen LogP contribution < -0.4 is 5.56 Å². The second-order valence-corrected chi connectivity index (χ2v) is 5.03. The fraction of sp³-hybridized carbons (Fsp3) is 0.267. The Morgan fingerprint density at radius 2 is 1.64 bits per heavy atom. The number of carbonyl (C=O) groups is 2. The fourth-order valence-corrected chi connectivity index (χ4v) is 2.85. The highest BCUT2D eigenvalue weighted by Gasteiger charge is 2.30. The minimum absolute atomic E-state index is 0.0516. The third-order valence-corrected chi connectivity index (χ3v) is 3.87. The summed E-state index contributed by atoms with van der Waals surface area (Å²) in [5.74, 6) is -1.33. The van der Waals surface area contributed by atoms with Crippen LogP contribution in [0.2, 0.25) is 0 Å². The first-order chi connectivity index (χ1) is 10.4. The zero-order valence-corrected chi connectivity index (χ0v) is 12.6. The van der Waals surface area contributed by atoms with Gasteiger partial charge in [-0.05, 0) is 18.6 Å². The molecule has 0 aliphatic heterocycles. The van der Waals surface area contributed by atoms with E-state index in [1.807, 2.05) is 0 Å².